The molecule has 0 radical (unpaired) electrons. The smallest absolute Gasteiger partial charge is 0.252 e. The Labute approximate surface area is 162 Å². The fraction of sp³-hybridized carbons (Fsp3) is 0.316. The van der Waals surface area contributed by atoms with Gasteiger partial charge in [-0.1, -0.05) is 43.2 Å². The normalized spacial score (nSPS) is 16.4. The Hall–Kier alpha value is -1.70. The van der Waals surface area contributed by atoms with Crippen LogP contribution in [0.2, 0.25) is 0 Å². The van der Waals surface area contributed by atoms with Gasteiger partial charge in [0.2, 0.25) is 10.0 Å². The predicted octanol–water partition coefficient (Wildman–Crippen LogP) is 3.34. The molecule has 138 valence electrons. The standard InChI is InChI=1S/C19H21BrN2O3S/c20-17-9-8-15(26(21,24)25)12-16(17)18(23)22-13-19(10-4-5-11-19)14-6-2-1-3-7-14/h1-3,6-9,12H,4-5,10-11,13H2,(H,22,23)(H2,21,24,25). The van der Waals surface area contributed by atoms with Gasteiger partial charge in [0.1, 0.15) is 0 Å². The lowest BCUT2D eigenvalue weighted by molar-refractivity contribution is 0.0942. The molecule has 1 amide bonds. The van der Waals surface area contributed by atoms with E-state index in [2.05, 4.69) is 33.4 Å². The van der Waals surface area contributed by atoms with Gasteiger partial charge in [0.05, 0.1) is 10.5 Å². The van der Waals surface area contributed by atoms with Crippen molar-refractivity contribution in [2.75, 3.05) is 6.54 Å². The molecule has 0 aliphatic heterocycles. The van der Waals surface area contributed by atoms with Crippen molar-refractivity contribution in [3.63, 3.8) is 0 Å². The molecule has 3 N–H and O–H groups in total. The molecule has 1 fully saturated rings. The van der Waals surface area contributed by atoms with Crippen molar-refractivity contribution < 1.29 is 13.2 Å². The minimum Gasteiger partial charge on any atom is -0.351 e. The molecule has 2 aromatic rings. The Kier molecular flexibility index (Phi) is 5.50. The van der Waals surface area contributed by atoms with E-state index in [9.17, 15) is 13.2 Å². The largest absolute Gasteiger partial charge is 0.351 e. The Balaban J connectivity index is 1.82. The summed E-state index contributed by atoms with van der Waals surface area (Å²) >= 11 is 3.31. The highest BCUT2D eigenvalue weighted by Crippen LogP contribution is 2.40. The first-order valence-corrected chi connectivity index (χ1v) is 10.8. The number of nitrogens with one attached hydrogen (secondary N) is 1. The molecule has 1 aliphatic carbocycles. The lowest BCUT2D eigenvalue weighted by Gasteiger charge is -2.30. The fourth-order valence-corrected chi connectivity index (χ4v) is 4.58. The van der Waals surface area contributed by atoms with E-state index in [1.165, 1.54) is 23.8 Å². The summed E-state index contributed by atoms with van der Waals surface area (Å²) < 4.78 is 23.6. The number of halogens is 1. The maximum Gasteiger partial charge on any atom is 0.252 e. The molecule has 2 aromatic carbocycles. The molecule has 26 heavy (non-hydrogen) atoms. The summed E-state index contributed by atoms with van der Waals surface area (Å²) in [4.78, 5) is 12.6. The Bertz CT molecular complexity index is 908. The van der Waals surface area contributed by atoms with Gasteiger partial charge in [0.25, 0.3) is 5.91 Å². The van der Waals surface area contributed by atoms with Gasteiger partial charge in [-0.05, 0) is 52.5 Å². The van der Waals surface area contributed by atoms with E-state index in [1.807, 2.05) is 18.2 Å². The van der Waals surface area contributed by atoms with Gasteiger partial charge >= 0.3 is 0 Å². The van der Waals surface area contributed by atoms with Gasteiger partial charge in [-0.25, -0.2) is 13.6 Å². The van der Waals surface area contributed by atoms with E-state index in [0.717, 1.165) is 25.7 Å². The maximum atomic E-state index is 12.7. The molecule has 1 aliphatic rings. The van der Waals surface area contributed by atoms with Crippen LogP contribution in [-0.2, 0) is 15.4 Å². The number of rotatable bonds is 5. The number of amides is 1. The number of carbonyl (C=O) groups excluding carboxylic acids is 1. The molecular weight excluding hydrogens is 416 g/mol. The number of nitrogens with two attached hydrogens (primary N) is 1. The summed E-state index contributed by atoms with van der Waals surface area (Å²) in [6.07, 6.45) is 4.32. The van der Waals surface area contributed by atoms with Crippen LogP contribution in [-0.4, -0.2) is 20.9 Å². The summed E-state index contributed by atoms with van der Waals surface area (Å²) in [6, 6.07) is 14.4. The minimum absolute atomic E-state index is 0.0685. The summed E-state index contributed by atoms with van der Waals surface area (Å²) in [7, 11) is -3.86. The first-order chi connectivity index (χ1) is 12.3. The van der Waals surface area contributed by atoms with E-state index in [-0.39, 0.29) is 21.8 Å². The Morgan fingerprint density at radius 1 is 1.12 bits per heavy atom. The molecule has 0 unspecified atom stereocenters. The molecule has 0 aromatic heterocycles. The molecule has 0 spiro atoms. The quantitative estimate of drug-likeness (QED) is 0.752. The van der Waals surface area contributed by atoms with Crippen molar-refractivity contribution in [3.05, 3.63) is 64.1 Å². The Morgan fingerprint density at radius 3 is 2.38 bits per heavy atom. The number of carbonyl (C=O) groups is 1. The highest BCUT2D eigenvalue weighted by molar-refractivity contribution is 9.10. The summed E-state index contributed by atoms with van der Waals surface area (Å²) in [5.41, 5.74) is 1.42. The first-order valence-electron chi connectivity index (χ1n) is 8.48. The predicted molar refractivity (Wildman–Crippen MR) is 104 cm³/mol. The topological polar surface area (TPSA) is 89.3 Å². The van der Waals surface area contributed by atoms with Crippen LogP contribution in [0.1, 0.15) is 41.6 Å². The summed E-state index contributed by atoms with van der Waals surface area (Å²) in [5.74, 6) is -0.315. The van der Waals surface area contributed by atoms with Crippen molar-refractivity contribution in [2.24, 2.45) is 5.14 Å². The molecule has 7 heteroatoms. The number of sulfonamides is 1. The molecule has 1 saturated carbocycles. The zero-order chi connectivity index (χ0) is 18.8. The van der Waals surface area contributed by atoms with Gasteiger partial charge in [-0.15, -0.1) is 0 Å². The maximum absolute atomic E-state index is 12.7. The second-order valence-corrected chi connectivity index (χ2v) is 9.14. The van der Waals surface area contributed by atoms with E-state index in [0.29, 0.717) is 11.0 Å². The molecule has 0 bridgehead atoms. The van der Waals surface area contributed by atoms with Gasteiger partial charge in [-0.3, -0.25) is 4.79 Å². The van der Waals surface area contributed by atoms with Crippen LogP contribution in [0.25, 0.3) is 0 Å². The highest BCUT2D eigenvalue weighted by Gasteiger charge is 2.36. The monoisotopic (exact) mass is 436 g/mol. The summed E-state index contributed by atoms with van der Waals surface area (Å²) in [5, 5.41) is 8.17. The first kappa shape index (κ1) is 19.1. The fourth-order valence-electron chi connectivity index (χ4n) is 3.61. The van der Waals surface area contributed by atoms with E-state index < -0.39 is 10.0 Å². The molecule has 0 heterocycles. The Morgan fingerprint density at radius 2 is 1.77 bits per heavy atom. The third kappa shape index (κ3) is 4.00. The second kappa shape index (κ2) is 7.50. The number of hydrogen-bond acceptors (Lipinski definition) is 3. The van der Waals surface area contributed by atoms with Crippen LogP contribution < -0.4 is 10.5 Å². The molecule has 5 nitrogen and oxygen atoms in total. The van der Waals surface area contributed by atoms with Crippen molar-refractivity contribution >= 4 is 31.9 Å². The molecular formula is C19H21BrN2O3S. The zero-order valence-electron chi connectivity index (χ0n) is 14.2. The number of hydrogen-bond donors (Lipinski definition) is 2. The van der Waals surface area contributed by atoms with Crippen molar-refractivity contribution in [1.29, 1.82) is 0 Å². The van der Waals surface area contributed by atoms with Crippen LogP contribution in [0.4, 0.5) is 0 Å². The zero-order valence-corrected chi connectivity index (χ0v) is 16.6. The third-order valence-electron chi connectivity index (χ3n) is 5.05. The highest BCUT2D eigenvalue weighted by atomic mass is 79.9. The minimum atomic E-state index is -3.86. The van der Waals surface area contributed by atoms with Gasteiger partial charge < -0.3 is 5.32 Å². The SMILES string of the molecule is NS(=O)(=O)c1ccc(Br)c(C(=O)NCC2(c3ccccc3)CCCC2)c1. The second-order valence-electron chi connectivity index (χ2n) is 6.72. The van der Waals surface area contributed by atoms with Crippen LogP contribution in [0, 0.1) is 0 Å². The average Bonchev–Trinajstić information content (AvgIpc) is 3.10. The lowest BCUT2D eigenvalue weighted by Crippen LogP contribution is -2.39. The van der Waals surface area contributed by atoms with Crippen LogP contribution >= 0.6 is 15.9 Å². The molecule has 0 atom stereocenters. The lowest BCUT2D eigenvalue weighted by atomic mass is 9.79. The van der Waals surface area contributed by atoms with E-state index in [1.54, 1.807) is 0 Å². The van der Waals surface area contributed by atoms with Gasteiger partial charge in [-0.2, -0.15) is 0 Å². The van der Waals surface area contributed by atoms with E-state index in [4.69, 9.17) is 5.14 Å². The van der Waals surface area contributed by atoms with Gasteiger partial charge in [0.15, 0.2) is 0 Å². The molecule has 0 saturated heterocycles. The number of benzene rings is 2. The van der Waals surface area contributed by atoms with Crippen molar-refractivity contribution in [1.82, 2.24) is 5.32 Å². The van der Waals surface area contributed by atoms with E-state index >= 15 is 0 Å². The van der Waals surface area contributed by atoms with Gasteiger partial charge in [0, 0.05) is 16.4 Å². The molecule has 3 rings (SSSR count). The van der Waals surface area contributed by atoms with Crippen molar-refractivity contribution in [3.8, 4) is 0 Å². The number of primary sulfonamides is 1. The third-order valence-corrected chi connectivity index (χ3v) is 6.65. The summed E-state index contributed by atoms with van der Waals surface area (Å²) in [6.45, 7) is 0.516. The van der Waals surface area contributed by atoms with Crippen LogP contribution in [0.15, 0.2) is 57.9 Å². The average molecular weight is 437 g/mol. The van der Waals surface area contributed by atoms with Crippen LogP contribution in [0.5, 0.6) is 0 Å². The van der Waals surface area contributed by atoms with Crippen molar-refractivity contribution in [2.45, 2.75) is 36.0 Å². The van der Waals surface area contributed by atoms with Crippen LogP contribution in [0.3, 0.4) is 0 Å².